The summed E-state index contributed by atoms with van der Waals surface area (Å²) >= 11 is 4.42. The molecule has 20 heavy (non-hydrogen) atoms. The van der Waals surface area contributed by atoms with Gasteiger partial charge in [0.25, 0.3) is 0 Å². The van der Waals surface area contributed by atoms with Gasteiger partial charge in [-0.25, -0.2) is 4.79 Å². The van der Waals surface area contributed by atoms with Crippen molar-refractivity contribution in [1.29, 1.82) is 0 Å². The van der Waals surface area contributed by atoms with E-state index in [-0.39, 0.29) is 17.4 Å². The van der Waals surface area contributed by atoms with E-state index < -0.39 is 0 Å². The Balaban J connectivity index is 2.31. The predicted octanol–water partition coefficient (Wildman–Crippen LogP) is 1.27. The SMILES string of the molecule is CC(C)N(C)C(=O)N1CCN(CCN(C)[C@@H](C)S)CC1. The van der Waals surface area contributed by atoms with Crippen LogP contribution in [0.3, 0.4) is 0 Å². The lowest BCUT2D eigenvalue weighted by Gasteiger charge is -2.38. The Labute approximate surface area is 129 Å². The van der Waals surface area contributed by atoms with Crippen molar-refractivity contribution in [2.24, 2.45) is 0 Å². The Hall–Kier alpha value is -0.460. The Morgan fingerprint density at radius 2 is 1.70 bits per heavy atom. The molecular weight excluding hydrogens is 272 g/mol. The third-order valence-corrected chi connectivity index (χ3v) is 4.52. The van der Waals surface area contributed by atoms with E-state index >= 15 is 0 Å². The van der Waals surface area contributed by atoms with Crippen LogP contribution in [0, 0.1) is 0 Å². The molecule has 1 heterocycles. The highest BCUT2D eigenvalue weighted by Crippen LogP contribution is 2.07. The number of hydrogen-bond donors (Lipinski definition) is 1. The zero-order valence-corrected chi connectivity index (χ0v) is 14.4. The molecule has 0 unspecified atom stereocenters. The summed E-state index contributed by atoms with van der Waals surface area (Å²) in [5, 5.41) is 0.289. The summed E-state index contributed by atoms with van der Waals surface area (Å²) in [6.07, 6.45) is 0. The molecule has 1 fully saturated rings. The van der Waals surface area contributed by atoms with Crippen LogP contribution in [0.25, 0.3) is 0 Å². The molecule has 0 aromatic rings. The fourth-order valence-corrected chi connectivity index (χ4v) is 2.21. The molecule has 5 nitrogen and oxygen atoms in total. The maximum atomic E-state index is 12.2. The van der Waals surface area contributed by atoms with E-state index in [1.54, 1.807) is 0 Å². The number of amides is 2. The molecule has 0 saturated carbocycles. The van der Waals surface area contributed by atoms with Crippen LogP contribution in [-0.4, -0.2) is 90.4 Å². The van der Waals surface area contributed by atoms with Gasteiger partial charge < -0.3 is 9.80 Å². The standard InChI is InChI=1S/C14H30N4OS/c1-12(2)16(5)14(19)18-10-8-17(9-11-18)7-6-15(4)13(3)20/h12-13,20H,6-11H2,1-5H3/t13-/m1/s1. The van der Waals surface area contributed by atoms with Gasteiger partial charge in [0.05, 0.1) is 0 Å². The van der Waals surface area contributed by atoms with Crippen molar-refractivity contribution in [2.75, 3.05) is 53.4 Å². The first-order valence-corrected chi connectivity index (χ1v) is 7.97. The van der Waals surface area contributed by atoms with Crippen molar-refractivity contribution < 1.29 is 4.79 Å². The Kier molecular flexibility index (Phi) is 7.12. The molecule has 0 aromatic carbocycles. The second-order valence-electron chi connectivity index (χ2n) is 5.93. The minimum atomic E-state index is 0.153. The van der Waals surface area contributed by atoms with Crippen LogP contribution >= 0.6 is 12.6 Å². The number of thiol groups is 1. The van der Waals surface area contributed by atoms with Crippen molar-refractivity contribution in [3.05, 3.63) is 0 Å². The second-order valence-corrected chi connectivity index (χ2v) is 6.68. The minimum absolute atomic E-state index is 0.153. The van der Waals surface area contributed by atoms with Crippen LogP contribution in [0.5, 0.6) is 0 Å². The van der Waals surface area contributed by atoms with Crippen molar-refractivity contribution in [2.45, 2.75) is 32.2 Å². The highest BCUT2D eigenvalue weighted by atomic mass is 32.1. The van der Waals surface area contributed by atoms with Crippen molar-refractivity contribution >= 4 is 18.7 Å². The van der Waals surface area contributed by atoms with E-state index in [2.05, 4.69) is 36.4 Å². The predicted molar refractivity (Wildman–Crippen MR) is 87.4 cm³/mol. The average molecular weight is 302 g/mol. The zero-order valence-electron chi connectivity index (χ0n) is 13.5. The average Bonchev–Trinajstić information content (AvgIpc) is 2.43. The number of nitrogens with zero attached hydrogens (tertiary/aromatic N) is 4. The lowest BCUT2D eigenvalue weighted by Crippen LogP contribution is -2.54. The molecule has 1 saturated heterocycles. The van der Waals surface area contributed by atoms with Gasteiger partial charge in [0.2, 0.25) is 0 Å². The summed E-state index contributed by atoms with van der Waals surface area (Å²) in [6, 6.07) is 0.409. The smallest absolute Gasteiger partial charge is 0.320 e. The lowest BCUT2D eigenvalue weighted by atomic mass is 10.3. The number of piperazine rings is 1. The van der Waals surface area contributed by atoms with Crippen molar-refractivity contribution in [3.63, 3.8) is 0 Å². The highest BCUT2D eigenvalue weighted by Gasteiger charge is 2.24. The van der Waals surface area contributed by atoms with Gasteiger partial charge >= 0.3 is 6.03 Å². The first kappa shape index (κ1) is 17.6. The number of hydrogen-bond acceptors (Lipinski definition) is 4. The molecule has 0 radical (unpaired) electrons. The summed E-state index contributed by atoms with van der Waals surface area (Å²) in [7, 11) is 3.97. The molecule has 2 amide bonds. The Morgan fingerprint density at radius 3 is 2.15 bits per heavy atom. The monoisotopic (exact) mass is 302 g/mol. The number of rotatable bonds is 5. The van der Waals surface area contributed by atoms with Gasteiger partial charge in [-0.1, -0.05) is 0 Å². The van der Waals surface area contributed by atoms with Crippen molar-refractivity contribution in [1.82, 2.24) is 19.6 Å². The van der Waals surface area contributed by atoms with Gasteiger partial charge in [-0.3, -0.25) is 9.80 Å². The molecule has 0 spiro atoms. The molecule has 0 N–H and O–H groups in total. The zero-order chi connectivity index (χ0) is 15.3. The van der Waals surface area contributed by atoms with E-state index in [0.717, 1.165) is 39.3 Å². The van der Waals surface area contributed by atoms with E-state index in [1.165, 1.54) is 0 Å². The van der Waals surface area contributed by atoms with Gasteiger partial charge in [0.15, 0.2) is 0 Å². The third-order valence-electron chi connectivity index (χ3n) is 4.13. The fraction of sp³-hybridized carbons (Fsp3) is 0.929. The fourth-order valence-electron chi connectivity index (χ4n) is 2.09. The Morgan fingerprint density at radius 1 is 1.15 bits per heavy atom. The summed E-state index contributed by atoms with van der Waals surface area (Å²) in [5.41, 5.74) is 0. The quantitative estimate of drug-likeness (QED) is 0.613. The molecular formula is C14H30N4OS. The van der Waals surface area contributed by atoms with Gasteiger partial charge in [-0.2, -0.15) is 12.6 Å². The van der Waals surface area contributed by atoms with Crippen LogP contribution in [0.2, 0.25) is 0 Å². The van der Waals surface area contributed by atoms with Gasteiger partial charge in [0, 0.05) is 57.7 Å². The summed E-state index contributed by atoms with van der Waals surface area (Å²) in [5.74, 6) is 0. The maximum absolute atomic E-state index is 12.2. The largest absolute Gasteiger partial charge is 0.325 e. The van der Waals surface area contributed by atoms with Gasteiger partial charge in [0.1, 0.15) is 0 Å². The number of carbonyl (C=O) groups is 1. The molecule has 1 atom stereocenters. The number of carbonyl (C=O) groups excluding carboxylic acids is 1. The molecule has 0 aromatic heterocycles. The Bertz CT molecular complexity index is 304. The lowest BCUT2D eigenvalue weighted by molar-refractivity contribution is 0.107. The van der Waals surface area contributed by atoms with Crippen LogP contribution in [-0.2, 0) is 0 Å². The molecule has 118 valence electrons. The second kappa shape index (κ2) is 8.10. The van der Waals surface area contributed by atoms with Crippen LogP contribution < -0.4 is 0 Å². The summed E-state index contributed by atoms with van der Waals surface area (Å²) in [6.45, 7) is 11.8. The molecule has 1 aliphatic rings. The number of urea groups is 1. The molecule has 1 aliphatic heterocycles. The van der Waals surface area contributed by atoms with Gasteiger partial charge in [-0.05, 0) is 27.8 Å². The normalized spacial score (nSPS) is 18.7. The molecule has 6 heteroatoms. The summed E-state index contributed by atoms with van der Waals surface area (Å²) in [4.78, 5) is 20.6. The van der Waals surface area contributed by atoms with Crippen molar-refractivity contribution in [3.8, 4) is 0 Å². The molecule has 0 aliphatic carbocycles. The van der Waals surface area contributed by atoms with Crippen LogP contribution in [0.1, 0.15) is 20.8 Å². The van der Waals surface area contributed by atoms with E-state index in [9.17, 15) is 4.79 Å². The number of likely N-dealkylation sites (N-methyl/N-ethyl adjacent to an activating group) is 1. The van der Waals surface area contributed by atoms with Crippen LogP contribution in [0.15, 0.2) is 0 Å². The minimum Gasteiger partial charge on any atom is -0.325 e. The summed E-state index contributed by atoms with van der Waals surface area (Å²) < 4.78 is 0. The van der Waals surface area contributed by atoms with E-state index in [4.69, 9.17) is 0 Å². The third kappa shape index (κ3) is 5.14. The topological polar surface area (TPSA) is 30.0 Å². The maximum Gasteiger partial charge on any atom is 0.320 e. The first-order chi connectivity index (χ1) is 9.32. The van der Waals surface area contributed by atoms with E-state index in [0.29, 0.717) is 0 Å². The molecule has 0 bridgehead atoms. The molecule has 1 rings (SSSR count). The van der Waals surface area contributed by atoms with E-state index in [1.807, 2.05) is 30.7 Å². The highest BCUT2D eigenvalue weighted by molar-refractivity contribution is 7.80. The van der Waals surface area contributed by atoms with Crippen LogP contribution in [0.4, 0.5) is 4.79 Å². The van der Waals surface area contributed by atoms with Gasteiger partial charge in [-0.15, -0.1) is 0 Å². The first-order valence-electron chi connectivity index (χ1n) is 7.45.